The van der Waals surface area contributed by atoms with Crippen molar-refractivity contribution in [1.82, 2.24) is 0 Å². The van der Waals surface area contributed by atoms with Crippen molar-refractivity contribution < 1.29 is 4.42 Å². The van der Waals surface area contributed by atoms with E-state index in [0.29, 0.717) is 0 Å². The molecule has 1 heterocycles. The summed E-state index contributed by atoms with van der Waals surface area (Å²) in [5, 5.41) is 2.25. The first-order chi connectivity index (χ1) is 27.8. The van der Waals surface area contributed by atoms with Crippen LogP contribution in [-0.4, -0.2) is 0 Å². The molecule has 0 bridgehead atoms. The lowest BCUT2D eigenvalue weighted by molar-refractivity contribution is 0.669. The Labute approximate surface area is 327 Å². The fourth-order valence-electron chi connectivity index (χ4n) is 7.91. The average molecular weight is 716 g/mol. The van der Waals surface area contributed by atoms with E-state index in [-0.39, 0.29) is 0 Å². The number of rotatable bonds is 8. The van der Waals surface area contributed by atoms with Gasteiger partial charge in [-0.25, -0.2) is 0 Å². The van der Waals surface area contributed by atoms with Crippen LogP contribution in [0.15, 0.2) is 229 Å². The second-order valence-electron chi connectivity index (χ2n) is 14.1. The van der Waals surface area contributed by atoms with Crippen LogP contribution in [0, 0.1) is 0 Å². The van der Waals surface area contributed by atoms with Crippen LogP contribution in [0.3, 0.4) is 0 Å². The highest BCUT2D eigenvalue weighted by Crippen LogP contribution is 2.47. The molecular weight excluding hydrogens is 679 g/mol. The number of nitrogens with zero attached hydrogens (tertiary/aromatic N) is 1. The van der Waals surface area contributed by atoms with Gasteiger partial charge in [0.1, 0.15) is 11.2 Å². The highest BCUT2D eigenvalue weighted by Gasteiger charge is 2.22. The van der Waals surface area contributed by atoms with Crippen LogP contribution in [-0.2, 0) is 0 Å². The van der Waals surface area contributed by atoms with E-state index in [1.807, 2.05) is 12.1 Å². The summed E-state index contributed by atoms with van der Waals surface area (Å²) in [6.45, 7) is 0. The normalized spacial score (nSPS) is 11.2. The highest BCUT2D eigenvalue weighted by atomic mass is 16.3. The summed E-state index contributed by atoms with van der Waals surface area (Å²) in [5.41, 5.74) is 16.6. The molecule has 0 unspecified atom stereocenters. The zero-order valence-electron chi connectivity index (χ0n) is 30.7. The van der Waals surface area contributed by atoms with Gasteiger partial charge in [-0.2, -0.15) is 0 Å². The maximum atomic E-state index is 6.43. The molecule has 2 nitrogen and oxygen atoms in total. The molecule has 0 aliphatic rings. The van der Waals surface area contributed by atoms with Gasteiger partial charge in [-0.3, -0.25) is 0 Å². The number of fused-ring (bicyclic) bond motifs is 3. The van der Waals surface area contributed by atoms with Crippen LogP contribution < -0.4 is 4.90 Å². The van der Waals surface area contributed by atoms with Gasteiger partial charge < -0.3 is 9.32 Å². The predicted molar refractivity (Wildman–Crippen MR) is 236 cm³/mol. The van der Waals surface area contributed by atoms with Crippen LogP contribution in [0.4, 0.5) is 17.1 Å². The molecule has 0 aliphatic heterocycles. The minimum atomic E-state index is 0.881. The minimum Gasteiger partial charge on any atom is -0.456 e. The standard InChI is InChI=1S/C54H37NO/c1-5-15-38(16-6-1)40-25-30-45(31-26-40)55(46-32-27-41(28-33-46)39-17-7-2-8-18-39)52-37-50(42-19-9-3-10-20-42)49(36-51(52)43-21-11-4-12-22-43)44-29-34-48-47-23-13-14-24-53(47)56-54(48)35-44/h1-37H. The molecule has 9 aromatic carbocycles. The smallest absolute Gasteiger partial charge is 0.136 e. The SMILES string of the molecule is c1ccc(-c2ccc(N(c3ccc(-c4ccccc4)cc3)c3cc(-c4ccccc4)c(-c4ccc5c(c4)oc4ccccc45)cc3-c3ccccc3)cc2)cc1. The van der Waals surface area contributed by atoms with Gasteiger partial charge in [-0.15, -0.1) is 0 Å². The largest absolute Gasteiger partial charge is 0.456 e. The summed E-state index contributed by atoms with van der Waals surface area (Å²) < 4.78 is 6.43. The van der Waals surface area contributed by atoms with Crippen molar-refractivity contribution in [2.45, 2.75) is 0 Å². The molecule has 1 aromatic heterocycles. The molecule has 0 spiro atoms. The molecule has 0 amide bonds. The van der Waals surface area contributed by atoms with Crippen LogP contribution in [0.1, 0.15) is 0 Å². The summed E-state index contributed by atoms with van der Waals surface area (Å²) in [4.78, 5) is 2.41. The van der Waals surface area contributed by atoms with Crippen molar-refractivity contribution in [2.24, 2.45) is 0 Å². The Kier molecular flexibility index (Phi) is 8.55. The Hall–Kier alpha value is -7.42. The lowest BCUT2D eigenvalue weighted by atomic mass is 9.88. The predicted octanol–water partition coefficient (Wildman–Crippen LogP) is 15.4. The van der Waals surface area contributed by atoms with E-state index >= 15 is 0 Å². The third kappa shape index (κ3) is 6.24. The van der Waals surface area contributed by atoms with E-state index in [9.17, 15) is 0 Å². The van der Waals surface area contributed by atoms with Crippen LogP contribution in [0.25, 0.3) is 77.6 Å². The molecular formula is C54H37NO. The van der Waals surface area contributed by atoms with Gasteiger partial charge in [0.2, 0.25) is 0 Å². The van der Waals surface area contributed by atoms with Gasteiger partial charge in [-0.1, -0.05) is 170 Å². The zero-order chi connectivity index (χ0) is 37.3. The minimum absolute atomic E-state index is 0.881. The molecule has 264 valence electrons. The topological polar surface area (TPSA) is 16.4 Å². The Morgan fingerprint density at radius 1 is 0.268 bits per heavy atom. The van der Waals surface area contributed by atoms with Crippen molar-refractivity contribution in [3.05, 3.63) is 224 Å². The summed E-state index contributed by atoms with van der Waals surface area (Å²) in [5.74, 6) is 0. The fraction of sp³-hybridized carbons (Fsp3) is 0. The summed E-state index contributed by atoms with van der Waals surface area (Å²) >= 11 is 0. The molecule has 0 N–H and O–H groups in total. The lowest BCUT2D eigenvalue weighted by Gasteiger charge is -2.30. The van der Waals surface area contributed by atoms with E-state index in [1.54, 1.807) is 0 Å². The number of benzene rings is 9. The van der Waals surface area contributed by atoms with Crippen LogP contribution in [0.5, 0.6) is 0 Å². The number of anilines is 3. The second kappa shape index (κ2) is 14.4. The molecule has 0 saturated carbocycles. The maximum Gasteiger partial charge on any atom is 0.136 e. The first-order valence-corrected chi connectivity index (χ1v) is 19.1. The average Bonchev–Trinajstić information content (AvgIpc) is 3.66. The highest BCUT2D eigenvalue weighted by molar-refractivity contribution is 6.07. The van der Waals surface area contributed by atoms with Gasteiger partial charge in [0.15, 0.2) is 0 Å². The van der Waals surface area contributed by atoms with E-state index in [1.165, 1.54) is 22.3 Å². The summed E-state index contributed by atoms with van der Waals surface area (Å²) in [7, 11) is 0. The number of hydrogen-bond acceptors (Lipinski definition) is 2. The summed E-state index contributed by atoms with van der Waals surface area (Å²) in [6.07, 6.45) is 0. The third-order valence-corrected chi connectivity index (χ3v) is 10.7. The Morgan fingerprint density at radius 2 is 0.679 bits per heavy atom. The molecule has 0 aliphatic carbocycles. The van der Waals surface area contributed by atoms with Gasteiger partial charge in [0, 0.05) is 27.7 Å². The summed E-state index contributed by atoms with van der Waals surface area (Å²) in [6, 6.07) is 80.2. The first-order valence-electron chi connectivity index (χ1n) is 19.1. The Morgan fingerprint density at radius 3 is 1.23 bits per heavy atom. The molecule has 0 fully saturated rings. The van der Waals surface area contributed by atoms with Gasteiger partial charge in [-0.05, 0) is 105 Å². The van der Waals surface area contributed by atoms with Crippen LogP contribution in [0.2, 0.25) is 0 Å². The van der Waals surface area contributed by atoms with Crippen molar-refractivity contribution in [2.75, 3.05) is 4.90 Å². The van der Waals surface area contributed by atoms with Gasteiger partial charge in [0.05, 0.1) is 5.69 Å². The quantitative estimate of drug-likeness (QED) is 0.156. The fourth-order valence-corrected chi connectivity index (χ4v) is 7.91. The number of furan rings is 1. The number of para-hydroxylation sites is 1. The molecule has 2 heteroatoms. The maximum absolute atomic E-state index is 6.43. The monoisotopic (exact) mass is 715 g/mol. The molecule has 0 radical (unpaired) electrons. The van der Waals surface area contributed by atoms with E-state index in [0.717, 1.165) is 72.4 Å². The van der Waals surface area contributed by atoms with Gasteiger partial charge >= 0.3 is 0 Å². The first kappa shape index (κ1) is 33.2. The van der Waals surface area contributed by atoms with Crippen molar-refractivity contribution >= 4 is 39.0 Å². The Bertz CT molecular complexity index is 2830. The van der Waals surface area contributed by atoms with E-state index in [4.69, 9.17) is 4.42 Å². The zero-order valence-corrected chi connectivity index (χ0v) is 30.7. The molecule has 10 aromatic rings. The van der Waals surface area contributed by atoms with Crippen LogP contribution >= 0.6 is 0 Å². The van der Waals surface area contributed by atoms with Crippen molar-refractivity contribution in [1.29, 1.82) is 0 Å². The molecule has 10 rings (SSSR count). The Balaban J connectivity index is 1.22. The van der Waals surface area contributed by atoms with E-state index in [2.05, 4.69) is 217 Å². The van der Waals surface area contributed by atoms with E-state index < -0.39 is 0 Å². The molecule has 0 saturated heterocycles. The van der Waals surface area contributed by atoms with Crippen molar-refractivity contribution in [3.63, 3.8) is 0 Å². The van der Waals surface area contributed by atoms with Gasteiger partial charge in [0.25, 0.3) is 0 Å². The van der Waals surface area contributed by atoms with Crippen molar-refractivity contribution in [3.8, 4) is 55.6 Å². The number of hydrogen-bond donors (Lipinski definition) is 0. The second-order valence-corrected chi connectivity index (χ2v) is 14.1. The lowest BCUT2D eigenvalue weighted by Crippen LogP contribution is -2.12. The third-order valence-electron chi connectivity index (χ3n) is 10.7. The molecule has 56 heavy (non-hydrogen) atoms. The molecule has 0 atom stereocenters.